The molecule has 4 heterocycles. The molecule has 3 aromatic heterocycles. The molecule has 0 radical (unpaired) electrons. The quantitative estimate of drug-likeness (QED) is 0.417. The summed E-state index contributed by atoms with van der Waals surface area (Å²) < 4.78 is 9.55. The van der Waals surface area contributed by atoms with E-state index < -0.39 is 8.07 Å². The van der Waals surface area contributed by atoms with Crippen LogP contribution in [-0.2, 0) is 6.54 Å². The van der Waals surface area contributed by atoms with Crippen LogP contribution in [0.4, 0.5) is 0 Å². The number of ether oxygens (including phenoxy) is 1. The van der Waals surface area contributed by atoms with Gasteiger partial charge in [-0.05, 0) is 37.5 Å². The van der Waals surface area contributed by atoms with E-state index in [-0.39, 0.29) is 5.92 Å². The zero-order valence-electron chi connectivity index (χ0n) is 19.9. The summed E-state index contributed by atoms with van der Waals surface area (Å²) in [6, 6.07) is 13.1. The Balaban J connectivity index is 1.48. The van der Waals surface area contributed by atoms with Crippen molar-refractivity contribution in [2.45, 2.75) is 51.9 Å². The first kappa shape index (κ1) is 21.6. The zero-order valence-corrected chi connectivity index (χ0v) is 20.9. The number of benzene rings is 1. The van der Waals surface area contributed by atoms with E-state index in [4.69, 9.17) is 19.8 Å². The summed E-state index contributed by atoms with van der Waals surface area (Å²) in [4.78, 5) is 14.0. The summed E-state index contributed by atoms with van der Waals surface area (Å²) >= 11 is 0. The number of hydrogen-bond acceptors (Lipinski definition) is 5. The molecule has 0 saturated carbocycles. The molecule has 0 saturated heterocycles. The largest absolute Gasteiger partial charge is 0.479 e. The van der Waals surface area contributed by atoms with E-state index in [9.17, 15) is 0 Å². The summed E-state index contributed by atoms with van der Waals surface area (Å²) in [6.45, 7) is 9.98. The predicted octanol–water partition coefficient (Wildman–Crippen LogP) is 4.31. The summed E-state index contributed by atoms with van der Waals surface area (Å²) in [5.74, 6) is 2.44. The molecule has 0 bridgehead atoms. The van der Waals surface area contributed by atoms with Gasteiger partial charge in [-0.1, -0.05) is 49.1 Å². The number of aryl methyl sites for hydroxylation is 2. The second-order valence-corrected chi connectivity index (χ2v) is 14.8. The maximum Gasteiger partial charge on any atom is 0.238 e. The lowest BCUT2D eigenvalue weighted by Crippen LogP contribution is -2.37. The molecular formula is C25H30N6OSi. The molecular weight excluding hydrogens is 428 g/mol. The Kier molecular flexibility index (Phi) is 5.40. The van der Waals surface area contributed by atoms with Gasteiger partial charge in [0.05, 0.1) is 27.2 Å². The van der Waals surface area contributed by atoms with Gasteiger partial charge in [0.2, 0.25) is 5.88 Å². The molecule has 0 unspecified atom stereocenters. The van der Waals surface area contributed by atoms with Gasteiger partial charge in [0.25, 0.3) is 0 Å². The van der Waals surface area contributed by atoms with Crippen LogP contribution in [0, 0.1) is 6.92 Å². The third kappa shape index (κ3) is 4.11. The van der Waals surface area contributed by atoms with E-state index >= 15 is 0 Å². The molecule has 1 atom stereocenters. The lowest BCUT2D eigenvalue weighted by Gasteiger charge is -2.23. The van der Waals surface area contributed by atoms with E-state index in [1.54, 1.807) is 13.4 Å². The first-order valence-corrected chi connectivity index (χ1v) is 14.9. The van der Waals surface area contributed by atoms with Crippen LogP contribution in [0.2, 0.25) is 19.6 Å². The van der Waals surface area contributed by atoms with Crippen LogP contribution in [-0.4, -0.2) is 44.5 Å². The first-order valence-electron chi connectivity index (χ1n) is 11.4. The predicted molar refractivity (Wildman–Crippen MR) is 132 cm³/mol. The third-order valence-electron chi connectivity index (χ3n) is 6.31. The van der Waals surface area contributed by atoms with Gasteiger partial charge in [-0.15, -0.1) is 5.10 Å². The Morgan fingerprint density at radius 1 is 1.03 bits per heavy atom. The molecule has 5 rings (SSSR count). The molecule has 170 valence electrons. The van der Waals surface area contributed by atoms with Gasteiger partial charge in [0.1, 0.15) is 17.2 Å². The van der Waals surface area contributed by atoms with E-state index in [0.29, 0.717) is 17.4 Å². The number of methoxy groups -OCH3 is 1. The molecule has 1 aliphatic heterocycles. The lowest BCUT2D eigenvalue weighted by molar-refractivity contribution is 0.396. The van der Waals surface area contributed by atoms with Crippen molar-refractivity contribution in [3.8, 4) is 23.1 Å². The van der Waals surface area contributed by atoms with E-state index in [1.165, 1.54) is 10.8 Å². The average molecular weight is 459 g/mol. The number of hydrogen-bond donors (Lipinski definition) is 0. The fraction of sp³-hybridized carbons (Fsp3) is 0.360. The van der Waals surface area contributed by atoms with Gasteiger partial charge in [0, 0.05) is 18.7 Å². The Hall–Kier alpha value is -3.26. The zero-order chi connectivity index (χ0) is 23.2. The van der Waals surface area contributed by atoms with Gasteiger partial charge in [0.15, 0.2) is 5.82 Å². The summed E-state index contributed by atoms with van der Waals surface area (Å²) in [5, 5.41) is 6.29. The Labute approximate surface area is 195 Å². The Bertz CT molecular complexity index is 1290. The van der Waals surface area contributed by atoms with Crippen LogP contribution in [0.1, 0.15) is 35.8 Å². The van der Waals surface area contributed by atoms with Gasteiger partial charge in [-0.3, -0.25) is 0 Å². The number of pyridine rings is 1. The number of nitrogens with zero attached hydrogens (tertiary/aromatic N) is 6. The number of rotatable bonds is 5. The average Bonchev–Trinajstić information content (AvgIpc) is 3.44. The van der Waals surface area contributed by atoms with Gasteiger partial charge in [-0.2, -0.15) is 0 Å². The van der Waals surface area contributed by atoms with Crippen LogP contribution >= 0.6 is 0 Å². The molecule has 7 nitrogen and oxygen atoms in total. The van der Waals surface area contributed by atoms with Crippen molar-refractivity contribution in [2.75, 3.05) is 7.11 Å². The molecule has 1 aromatic carbocycles. The summed E-state index contributed by atoms with van der Waals surface area (Å²) in [7, 11) is 0.317. The van der Waals surface area contributed by atoms with Gasteiger partial charge < -0.3 is 9.30 Å². The first-order chi connectivity index (χ1) is 15.8. The van der Waals surface area contributed by atoms with Crippen LogP contribution in [0.5, 0.6) is 5.88 Å². The smallest absolute Gasteiger partial charge is 0.238 e. The molecule has 8 heteroatoms. The third-order valence-corrected chi connectivity index (χ3v) is 8.37. The lowest BCUT2D eigenvalue weighted by atomic mass is 9.91. The fourth-order valence-corrected chi connectivity index (χ4v) is 5.61. The van der Waals surface area contributed by atoms with Crippen molar-refractivity contribution in [1.29, 1.82) is 0 Å². The Morgan fingerprint density at radius 3 is 2.48 bits per heavy atom. The topological polar surface area (TPSA) is 70.7 Å². The number of aromatic nitrogens is 6. The van der Waals surface area contributed by atoms with Crippen molar-refractivity contribution in [2.24, 2.45) is 0 Å². The maximum absolute atomic E-state index is 5.58. The van der Waals surface area contributed by atoms with Crippen molar-refractivity contribution >= 4 is 13.3 Å². The standard InChI is InChI=1S/C25H30N6OSi/c1-17-15-30(16-26-17)22-13-12-21(27-25(22)32-2)23-28-24-20(7-6-14-31(24)29-23)18-8-10-19(11-9-18)33(3,4)5/h8-13,15-16,20H,6-7,14H2,1-5H3/t20-/m1/s1. The highest BCUT2D eigenvalue weighted by Crippen LogP contribution is 2.33. The highest BCUT2D eigenvalue weighted by molar-refractivity contribution is 6.88. The maximum atomic E-state index is 5.58. The molecule has 4 aromatic rings. The van der Waals surface area contributed by atoms with E-state index in [2.05, 4.69) is 53.6 Å². The van der Waals surface area contributed by atoms with Gasteiger partial charge in [-0.25, -0.2) is 19.6 Å². The van der Waals surface area contributed by atoms with Gasteiger partial charge >= 0.3 is 0 Å². The van der Waals surface area contributed by atoms with Crippen LogP contribution < -0.4 is 9.92 Å². The monoisotopic (exact) mass is 458 g/mol. The van der Waals surface area contributed by atoms with Crippen molar-refractivity contribution in [3.05, 3.63) is 66.0 Å². The van der Waals surface area contributed by atoms with Crippen molar-refractivity contribution in [1.82, 2.24) is 29.3 Å². The molecule has 1 aliphatic rings. The van der Waals surface area contributed by atoms with E-state index in [0.717, 1.165) is 36.6 Å². The minimum atomic E-state index is -1.31. The SMILES string of the molecule is COc1nc(-c2nc3n(n2)CCC[C@@H]3c2ccc([Si](C)(C)C)cc2)ccc1-n1cnc(C)c1. The molecule has 0 aliphatic carbocycles. The molecule has 0 amide bonds. The minimum Gasteiger partial charge on any atom is -0.479 e. The molecule has 0 N–H and O–H groups in total. The molecule has 33 heavy (non-hydrogen) atoms. The summed E-state index contributed by atoms with van der Waals surface area (Å²) in [6.07, 6.45) is 5.89. The normalized spacial score (nSPS) is 16.0. The second-order valence-electron chi connectivity index (χ2n) is 9.73. The van der Waals surface area contributed by atoms with Crippen molar-refractivity contribution < 1.29 is 4.74 Å². The number of fused-ring (bicyclic) bond motifs is 1. The van der Waals surface area contributed by atoms with Crippen LogP contribution in [0.3, 0.4) is 0 Å². The summed E-state index contributed by atoms with van der Waals surface area (Å²) in [5.41, 5.74) is 3.80. The Morgan fingerprint density at radius 2 is 1.82 bits per heavy atom. The van der Waals surface area contributed by atoms with E-state index in [1.807, 2.05) is 29.8 Å². The minimum absolute atomic E-state index is 0.255. The highest BCUT2D eigenvalue weighted by Gasteiger charge is 2.27. The van der Waals surface area contributed by atoms with Crippen LogP contribution in [0.25, 0.3) is 17.2 Å². The van der Waals surface area contributed by atoms with Crippen molar-refractivity contribution in [3.63, 3.8) is 0 Å². The molecule has 0 fully saturated rings. The fourth-order valence-electron chi connectivity index (χ4n) is 4.45. The molecule has 0 spiro atoms. The number of imidazole rings is 1. The highest BCUT2D eigenvalue weighted by atomic mass is 28.3. The second kappa shape index (κ2) is 8.26. The van der Waals surface area contributed by atoms with Crippen LogP contribution in [0.15, 0.2) is 48.9 Å².